The molecule has 2 N–H and O–H groups in total. The molecule has 0 radical (unpaired) electrons. The van der Waals surface area contributed by atoms with Crippen molar-refractivity contribution in [3.8, 4) is 16.3 Å². The Kier molecular flexibility index (Phi) is 4.79. The SMILES string of the molecule is COc1ccccc1-c1nnc(NS(=O)(=O)C2CCNCC2)s1. The Labute approximate surface area is 139 Å². The number of rotatable bonds is 5. The fourth-order valence-electron chi connectivity index (χ4n) is 2.51. The molecule has 23 heavy (non-hydrogen) atoms. The van der Waals surface area contributed by atoms with E-state index in [1.54, 1.807) is 7.11 Å². The lowest BCUT2D eigenvalue weighted by atomic mass is 10.2. The summed E-state index contributed by atoms with van der Waals surface area (Å²) in [5.41, 5.74) is 0.791. The van der Waals surface area contributed by atoms with E-state index in [0.29, 0.717) is 36.7 Å². The fraction of sp³-hybridized carbons (Fsp3) is 0.429. The highest BCUT2D eigenvalue weighted by atomic mass is 32.2. The number of para-hydroxylation sites is 1. The first-order valence-electron chi connectivity index (χ1n) is 7.29. The molecular formula is C14H18N4O3S2. The molecule has 3 rings (SSSR count). The van der Waals surface area contributed by atoms with E-state index in [1.807, 2.05) is 24.3 Å². The summed E-state index contributed by atoms with van der Waals surface area (Å²) < 4.78 is 32.7. The van der Waals surface area contributed by atoms with Crippen molar-refractivity contribution in [3.05, 3.63) is 24.3 Å². The van der Waals surface area contributed by atoms with Gasteiger partial charge in [-0.05, 0) is 38.1 Å². The zero-order valence-corrected chi connectivity index (χ0v) is 14.3. The largest absolute Gasteiger partial charge is 0.496 e. The molecular weight excluding hydrogens is 336 g/mol. The van der Waals surface area contributed by atoms with Crippen LogP contribution in [0.4, 0.5) is 5.13 Å². The maximum Gasteiger partial charge on any atom is 0.237 e. The second-order valence-electron chi connectivity index (χ2n) is 5.21. The molecule has 0 saturated carbocycles. The first kappa shape index (κ1) is 16.2. The molecule has 1 aliphatic heterocycles. The minimum Gasteiger partial charge on any atom is -0.496 e. The molecule has 1 aromatic carbocycles. The third kappa shape index (κ3) is 3.62. The average Bonchev–Trinajstić information content (AvgIpc) is 3.03. The van der Waals surface area contributed by atoms with E-state index in [2.05, 4.69) is 20.2 Å². The van der Waals surface area contributed by atoms with Crippen LogP contribution in [0.1, 0.15) is 12.8 Å². The molecule has 1 fully saturated rings. The number of piperidine rings is 1. The molecule has 7 nitrogen and oxygen atoms in total. The standard InChI is InChI=1S/C14H18N4O3S2/c1-21-12-5-3-2-4-11(12)13-16-17-14(22-13)18-23(19,20)10-6-8-15-9-7-10/h2-5,10,15H,6-9H2,1H3,(H,17,18). The maximum absolute atomic E-state index is 12.4. The summed E-state index contributed by atoms with van der Waals surface area (Å²) in [5, 5.41) is 11.7. The van der Waals surface area contributed by atoms with Crippen molar-refractivity contribution in [1.29, 1.82) is 0 Å². The summed E-state index contributed by atoms with van der Waals surface area (Å²) >= 11 is 1.20. The average molecular weight is 354 g/mol. The smallest absolute Gasteiger partial charge is 0.237 e. The third-order valence-electron chi connectivity index (χ3n) is 3.72. The molecule has 0 unspecified atom stereocenters. The van der Waals surface area contributed by atoms with Gasteiger partial charge in [-0.25, -0.2) is 8.42 Å². The summed E-state index contributed by atoms with van der Waals surface area (Å²) in [6, 6.07) is 7.43. The van der Waals surface area contributed by atoms with Gasteiger partial charge in [-0.15, -0.1) is 10.2 Å². The number of methoxy groups -OCH3 is 1. The summed E-state index contributed by atoms with van der Waals surface area (Å²) in [4.78, 5) is 0. The van der Waals surface area contributed by atoms with E-state index < -0.39 is 10.0 Å². The Morgan fingerprint density at radius 1 is 1.26 bits per heavy atom. The topological polar surface area (TPSA) is 93.2 Å². The number of ether oxygens (including phenoxy) is 1. The predicted molar refractivity (Wildman–Crippen MR) is 90.3 cm³/mol. The second kappa shape index (κ2) is 6.81. The third-order valence-corrected chi connectivity index (χ3v) is 6.55. The molecule has 1 aliphatic rings. The Morgan fingerprint density at radius 2 is 2.00 bits per heavy atom. The molecule has 0 spiro atoms. The lowest BCUT2D eigenvalue weighted by molar-refractivity contribution is 0.416. The van der Waals surface area contributed by atoms with Gasteiger partial charge >= 0.3 is 0 Å². The lowest BCUT2D eigenvalue weighted by Crippen LogP contribution is -2.38. The zero-order valence-electron chi connectivity index (χ0n) is 12.7. The highest BCUT2D eigenvalue weighted by Gasteiger charge is 2.28. The fourth-order valence-corrected chi connectivity index (χ4v) is 4.95. The highest BCUT2D eigenvalue weighted by Crippen LogP contribution is 2.33. The predicted octanol–water partition coefficient (Wildman–Crippen LogP) is 1.71. The van der Waals surface area contributed by atoms with Crippen LogP contribution < -0.4 is 14.8 Å². The monoisotopic (exact) mass is 354 g/mol. The van der Waals surface area contributed by atoms with Gasteiger partial charge < -0.3 is 10.1 Å². The van der Waals surface area contributed by atoms with Gasteiger partial charge in [0.2, 0.25) is 15.2 Å². The molecule has 1 saturated heterocycles. The van der Waals surface area contributed by atoms with E-state index in [1.165, 1.54) is 11.3 Å². The van der Waals surface area contributed by atoms with Crippen LogP contribution in [0.2, 0.25) is 0 Å². The number of nitrogens with zero attached hydrogens (tertiary/aromatic N) is 2. The summed E-state index contributed by atoms with van der Waals surface area (Å²) in [5.74, 6) is 0.677. The molecule has 9 heteroatoms. The number of anilines is 1. The van der Waals surface area contributed by atoms with Crippen molar-refractivity contribution in [1.82, 2.24) is 15.5 Å². The van der Waals surface area contributed by atoms with E-state index in [9.17, 15) is 8.42 Å². The molecule has 2 heterocycles. The molecule has 0 aliphatic carbocycles. The van der Waals surface area contributed by atoms with Crippen LogP contribution in [-0.2, 0) is 10.0 Å². The van der Waals surface area contributed by atoms with Crippen LogP contribution in [0, 0.1) is 0 Å². The van der Waals surface area contributed by atoms with Gasteiger partial charge in [0.25, 0.3) is 0 Å². The van der Waals surface area contributed by atoms with Crippen molar-refractivity contribution in [2.45, 2.75) is 18.1 Å². The normalized spacial score (nSPS) is 16.2. The summed E-state index contributed by atoms with van der Waals surface area (Å²) in [7, 11) is -1.85. The molecule has 0 atom stereocenters. The van der Waals surface area contributed by atoms with E-state index in [0.717, 1.165) is 5.56 Å². The van der Waals surface area contributed by atoms with Gasteiger partial charge in [-0.2, -0.15) is 0 Å². The van der Waals surface area contributed by atoms with Gasteiger partial charge in [-0.3, -0.25) is 4.72 Å². The molecule has 1 aromatic heterocycles. The summed E-state index contributed by atoms with van der Waals surface area (Å²) in [6.45, 7) is 1.43. The first-order chi connectivity index (χ1) is 11.1. The number of hydrogen-bond acceptors (Lipinski definition) is 7. The van der Waals surface area contributed by atoms with E-state index in [-0.39, 0.29) is 10.4 Å². The lowest BCUT2D eigenvalue weighted by Gasteiger charge is -2.22. The Balaban J connectivity index is 1.79. The molecule has 0 amide bonds. The van der Waals surface area contributed by atoms with Gasteiger partial charge in [-0.1, -0.05) is 23.5 Å². The number of hydrogen-bond donors (Lipinski definition) is 2. The van der Waals surface area contributed by atoms with Crippen molar-refractivity contribution < 1.29 is 13.2 Å². The van der Waals surface area contributed by atoms with Gasteiger partial charge in [0.1, 0.15) is 5.75 Å². The molecule has 0 bridgehead atoms. The zero-order chi connectivity index (χ0) is 16.3. The molecule has 2 aromatic rings. The highest BCUT2D eigenvalue weighted by molar-refractivity contribution is 7.93. The Hall–Kier alpha value is -1.71. The number of aromatic nitrogens is 2. The molecule has 124 valence electrons. The van der Waals surface area contributed by atoms with Crippen molar-refractivity contribution in [2.75, 3.05) is 24.9 Å². The van der Waals surface area contributed by atoms with Crippen molar-refractivity contribution >= 4 is 26.5 Å². The van der Waals surface area contributed by atoms with Crippen LogP contribution in [0.5, 0.6) is 5.75 Å². The van der Waals surface area contributed by atoms with Crippen molar-refractivity contribution in [3.63, 3.8) is 0 Å². The van der Waals surface area contributed by atoms with E-state index in [4.69, 9.17) is 4.74 Å². The number of benzene rings is 1. The van der Waals surface area contributed by atoms with Gasteiger partial charge in [0.05, 0.1) is 17.9 Å². The van der Waals surface area contributed by atoms with Crippen LogP contribution >= 0.6 is 11.3 Å². The van der Waals surface area contributed by atoms with Crippen LogP contribution in [0.25, 0.3) is 10.6 Å². The number of nitrogens with one attached hydrogen (secondary N) is 2. The van der Waals surface area contributed by atoms with Crippen LogP contribution in [-0.4, -0.2) is 44.1 Å². The van der Waals surface area contributed by atoms with Gasteiger partial charge in [0, 0.05) is 0 Å². The first-order valence-corrected chi connectivity index (χ1v) is 9.65. The van der Waals surface area contributed by atoms with Crippen LogP contribution in [0.15, 0.2) is 24.3 Å². The van der Waals surface area contributed by atoms with E-state index >= 15 is 0 Å². The minimum atomic E-state index is -3.43. The van der Waals surface area contributed by atoms with Crippen molar-refractivity contribution in [2.24, 2.45) is 0 Å². The van der Waals surface area contributed by atoms with Gasteiger partial charge in [0.15, 0.2) is 5.01 Å². The van der Waals surface area contributed by atoms with Crippen LogP contribution in [0.3, 0.4) is 0 Å². The quantitative estimate of drug-likeness (QED) is 0.849. The number of sulfonamides is 1. The Morgan fingerprint density at radius 3 is 2.74 bits per heavy atom. The summed E-state index contributed by atoms with van der Waals surface area (Å²) in [6.07, 6.45) is 1.21. The Bertz CT molecular complexity index is 770. The second-order valence-corrected chi connectivity index (χ2v) is 8.15. The maximum atomic E-state index is 12.4. The minimum absolute atomic E-state index is 0.282.